The van der Waals surface area contributed by atoms with E-state index < -0.39 is 30.0 Å². The van der Waals surface area contributed by atoms with Gasteiger partial charge in [-0.1, -0.05) is 0 Å². The van der Waals surface area contributed by atoms with Gasteiger partial charge in [-0.25, -0.2) is 0 Å². The van der Waals surface area contributed by atoms with Crippen molar-refractivity contribution in [3.05, 3.63) is 0 Å². The molecule has 0 aromatic carbocycles. The normalized spacial score (nSPS) is 26.5. The van der Waals surface area contributed by atoms with Crippen molar-refractivity contribution >= 4 is 11.9 Å². The fraction of sp³-hybridized carbons (Fsp3) is 0.714. The zero-order valence-corrected chi connectivity index (χ0v) is 6.97. The lowest BCUT2D eigenvalue weighted by Crippen LogP contribution is -2.53. The summed E-state index contributed by atoms with van der Waals surface area (Å²) in [7, 11) is 0. The van der Waals surface area contributed by atoms with Crippen molar-refractivity contribution < 1.29 is 27.9 Å². The molecule has 1 saturated carbocycles. The first-order valence-electron chi connectivity index (χ1n) is 3.93. The summed E-state index contributed by atoms with van der Waals surface area (Å²) in [5.74, 6) is -4.14. The van der Waals surface area contributed by atoms with E-state index in [1.54, 1.807) is 5.32 Å². The number of hydrogen-bond donors (Lipinski definition) is 2. The van der Waals surface area contributed by atoms with Gasteiger partial charge in [-0.3, -0.25) is 9.59 Å². The van der Waals surface area contributed by atoms with E-state index in [0.29, 0.717) is 6.42 Å². The second-order valence-corrected chi connectivity index (χ2v) is 3.10. The number of amides is 1. The number of nitrogens with one attached hydrogen (secondary N) is 1. The van der Waals surface area contributed by atoms with Crippen LogP contribution in [0.3, 0.4) is 0 Å². The molecule has 4 nitrogen and oxygen atoms in total. The van der Waals surface area contributed by atoms with Crippen molar-refractivity contribution in [3.8, 4) is 0 Å². The Balaban J connectivity index is 2.47. The van der Waals surface area contributed by atoms with Crippen LogP contribution >= 0.6 is 0 Å². The number of aliphatic carboxylic acids is 1. The predicted molar refractivity (Wildman–Crippen MR) is 38.3 cm³/mol. The fourth-order valence-electron chi connectivity index (χ4n) is 1.22. The van der Waals surface area contributed by atoms with Gasteiger partial charge in [0, 0.05) is 6.04 Å². The Kier molecular flexibility index (Phi) is 2.68. The van der Waals surface area contributed by atoms with Gasteiger partial charge in [-0.05, 0) is 12.8 Å². The maximum atomic E-state index is 11.7. The van der Waals surface area contributed by atoms with Crippen LogP contribution < -0.4 is 5.32 Å². The second kappa shape index (κ2) is 3.47. The average molecular weight is 211 g/mol. The summed E-state index contributed by atoms with van der Waals surface area (Å²) >= 11 is 0. The number of rotatable bonds is 2. The molecule has 0 aromatic heterocycles. The van der Waals surface area contributed by atoms with E-state index in [0.717, 1.165) is 0 Å². The molecule has 1 rings (SSSR count). The lowest BCUT2D eigenvalue weighted by atomic mass is 9.79. The molecule has 1 fully saturated rings. The SMILES string of the molecule is O=C(O)[C@H]1CC[C@H]1NC(=O)C(F)(F)F. The first-order valence-corrected chi connectivity index (χ1v) is 3.93. The molecule has 2 atom stereocenters. The number of carbonyl (C=O) groups is 2. The van der Waals surface area contributed by atoms with Gasteiger partial charge < -0.3 is 10.4 Å². The highest BCUT2D eigenvalue weighted by Crippen LogP contribution is 2.28. The lowest BCUT2D eigenvalue weighted by Gasteiger charge is -2.33. The molecular weight excluding hydrogens is 203 g/mol. The highest BCUT2D eigenvalue weighted by molar-refractivity contribution is 5.83. The van der Waals surface area contributed by atoms with E-state index in [4.69, 9.17) is 5.11 Å². The van der Waals surface area contributed by atoms with Gasteiger partial charge in [-0.15, -0.1) is 0 Å². The zero-order valence-electron chi connectivity index (χ0n) is 6.97. The van der Waals surface area contributed by atoms with Gasteiger partial charge in [0.1, 0.15) is 0 Å². The minimum Gasteiger partial charge on any atom is -0.481 e. The average Bonchev–Trinajstić information content (AvgIpc) is 1.94. The molecule has 2 N–H and O–H groups in total. The van der Waals surface area contributed by atoms with E-state index in [-0.39, 0.29) is 6.42 Å². The Labute approximate surface area is 77.1 Å². The van der Waals surface area contributed by atoms with Crippen LogP contribution in [-0.2, 0) is 9.59 Å². The van der Waals surface area contributed by atoms with Crippen molar-refractivity contribution in [2.24, 2.45) is 5.92 Å². The van der Waals surface area contributed by atoms with E-state index >= 15 is 0 Å². The van der Waals surface area contributed by atoms with Crippen LogP contribution in [0.1, 0.15) is 12.8 Å². The van der Waals surface area contributed by atoms with E-state index in [1.807, 2.05) is 0 Å². The van der Waals surface area contributed by atoms with Crippen LogP contribution in [-0.4, -0.2) is 29.2 Å². The molecule has 0 heterocycles. The van der Waals surface area contributed by atoms with E-state index in [2.05, 4.69) is 0 Å². The standard InChI is InChI=1S/C7H8F3NO3/c8-7(9,10)6(14)11-4-2-1-3(4)5(12)13/h3-4H,1-2H2,(H,11,14)(H,12,13)/t3-,4+/m0/s1. The number of halogens is 3. The highest BCUT2D eigenvalue weighted by Gasteiger charge is 2.44. The Morgan fingerprint density at radius 2 is 1.86 bits per heavy atom. The van der Waals surface area contributed by atoms with E-state index in [1.165, 1.54) is 0 Å². The first kappa shape index (κ1) is 10.8. The zero-order chi connectivity index (χ0) is 10.9. The Morgan fingerprint density at radius 3 is 2.14 bits per heavy atom. The summed E-state index contributed by atoms with van der Waals surface area (Å²) < 4.78 is 35.2. The maximum absolute atomic E-state index is 11.7. The number of carbonyl (C=O) groups excluding carboxylic acids is 1. The third kappa shape index (κ3) is 2.15. The Hall–Kier alpha value is -1.27. The first-order chi connectivity index (χ1) is 6.32. The number of carboxylic acid groups (broad SMARTS) is 1. The Morgan fingerprint density at radius 1 is 1.29 bits per heavy atom. The molecule has 1 amide bonds. The highest BCUT2D eigenvalue weighted by atomic mass is 19.4. The summed E-state index contributed by atoms with van der Waals surface area (Å²) in [4.78, 5) is 20.8. The smallest absolute Gasteiger partial charge is 0.471 e. The van der Waals surface area contributed by atoms with Crippen molar-refractivity contribution in [2.45, 2.75) is 25.1 Å². The van der Waals surface area contributed by atoms with Gasteiger partial charge in [0.05, 0.1) is 5.92 Å². The van der Waals surface area contributed by atoms with E-state index in [9.17, 15) is 22.8 Å². The van der Waals surface area contributed by atoms with Crippen LogP contribution in [0.4, 0.5) is 13.2 Å². The quantitative estimate of drug-likeness (QED) is 0.700. The van der Waals surface area contributed by atoms with Crippen molar-refractivity contribution in [3.63, 3.8) is 0 Å². The molecule has 0 saturated heterocycles. The van der Waals surface area contributed by atoms with Gasteiger partial charge in [0.2, 0.25) is 0 Å². The summed E-state index contributed by atoms with van der Waals surface area (Å²) in [6, 6.07) is -0.887. The third-order valence-electron chi connectivity index (χ3n) is 2.17. The topological polar surface area (TPSA) is 66.4 Å². The molecule has 1 aliphatic carbocycles. The number of carboxylic acids is 1. The molecule has 0 spiro atoms. The maximum Gasteiger partial charge on any atom is 0.471 e. The molecule has 1 aliphatic rings. The summed E-state index contributed by atoms with van der Waals surface area (Å²) in [6.45, 7) is 0. The predicted octanol–water partition coefficient (Wildman–Crippen LogP) is 0.528. The second-order valence-electron chi connectivity index (χ2n) is 3.10. The van der Waals surface area contributed by atoms with Crippen molar-refractivity contribution in [1.82, 2.24) is 5.32 Å². The summed E-state index contributed by atoms with van der Waals surface area (Å²) in [6.07, 6.45) is -4.37. The van der Waals surface area contributed by atoms with Crippen molar-refractivity contribution in [2.75, 3.05) is 0 Å². The van der Waals surface area contributed by atoms with Crippen molar-refractivity contribution in [1.29, 1.82) is 0 Å². The molecule has 0 radical (unpaired) electrons. The van der Waals surface area contributed by atoms with Crippen LogP contribution in [0.25, 0.3) is 0 Å². The number of hydrogen-bond acceptors (Lipinski definition) is 2. The summed E-state index contributed by atoms with van der Waals surface area (Å²) in [5.41, 5.74) is 0. The van der Waals surface area contributed by atoms with Crippen LogP contribution in [0.15, 0.2) is 0 Å². The monoisotopic (exact) mass is 211 g/mol. The largest absolute Gasteiger partial charge is 0.481 e. The molecular formula is C7H8F3NO3. The van der Waals surface area contributed by atoms with Gasteiger partial charge >= 0.3 is 18.1 Å². The van der Waals surface area contributed by atoms with Gasteiger partial charge in [-0.2, -0.15) is 13.2 Å². The van der Waals surface area contributed by atoms with Crippen LogP contribution in [0.5, 0.6) is 0 Å². The molecule has 80 valence electrons. The molecule has 7 heteroatoms. The molecule has 14 heavy (non-hydrogen) atoms. The van der Waals surface area contributed by atoms with Gasteiger partial charge in [0.15, 0.2) is 0 Å². The van der Waals surface area contributed by atoms with Crippen LogP contribution in [0.2, 0.25) is 0 Å². The lowest BCUT2D eigenvalue weighted by molar-refractivity contribution is -0.176. The fourth-order valence-corrected chi connectivity index (χ4v) is 1.22. The summed E-state index contributed by atoms with van der Waals surface area (Å²) in [5, 5.41) is 10.1. The molecule has 0 bridgehead atoms. The Bertz CT molecular complexity index is 263. The minimum atomic E-state index is -4.95. The molecule has 0 aliphatic heterocycles. The van der Waals surface area contributed by atoms with Crippen LogP contribution in [0, 0.1) is 5.92 Å². The minimum absolute atomic E-state index is 0.277. The number of alkyl halides is 3. The third-order valence-corrected chi connectivity index (χ3v) is 2.17. The molecule has 0 aromatic rings. The van der Waals surface area contributed by atoms with Gasteiger partial charge in [0.25, 0.3) is 0 Å². The molecule has 0 unspecified atom stereocenters.